The van der Waals surface area contributed by atoms with Gasteiger partial charge in [-0.25, -0.2) is 0 Å². The van der Waals surface area contributed by atoms with Crippen LogP contribution in [0.3, 0.4) is 0 Å². The lowest BCUT2D eigenvalue weighted by Gasteiger charge is -2.31. The number of carbonyl (C=O) groups is 1. The first-order valence-electron chi connectivity index (χ1n) is 8.15. The molecule has 0 aromatic heterocycles. The van der Waals surface area contributed by atoms with E-state index in [4.69, 9.17) is 4.74 Å². The summed E-state index contributed by atoms with van der Waals surface area (Å²) in [6, 6.07) is 8.19. The summed E-state index contributed by atoms with van der Waals surface area (Å²) < 4.78 is 5.31. The molecule has 124 valence electrons. The van der Waals surface area contributed by atoms with Crippen LogP contribution >= 0.6 is 0 Å². The molecule has 2 heterocycles. The van der Waals surface area contributed by atoms with E-state index in [1.54, 1.807) is 0 Å². The second-order valence-corrected chi connectivity index (χ2v) is 6.05. The van der Waals surface area contributed by atoms with Gasteiger partial charge in [0.05, 0.1) is 19.6 Å². The number of hydrogen-bond donors (Lipinski definition) is 1. The molecule has 0 unspecified atom stereocenters. The summed E-state index contributed by atoms with van der Waals surface area (Å²) in [7, 11) is 2.10. The number of rotatable bonds is 5. The molecule has 0 spiro atoms. The van der Waals surface area contributed by atoms with E-state index in [0.29, 0.717) is 19.7 Å². The molecule has 0 radical (unpaired) electrons. The maximum atomic E-state index is 11.9. The van der Waals surface area contributed by atoms with Gasteiger partial charge in [0.1, 0.15) is 12.4 Å². The third kappa shape index (κ3) is 4.30. The van der Waals surface area contributed by atoms with Gasteiger partial charge in [-0.1, -0.05) is 24.3 Å². The third-order valence-corrected chi connectivity index (χ3v) is 4.29. The first-order valence-corrected chi connectivity index (χ1v) is 8.15. The number of likely N-dealkylation sites (N-methyl/N-ethyl adjacent to an activating group) is 1. The third-order valence-electron chi connectivity index (χ3n) is 4.29. The molecule has 0 aliphatic carbocycles. The van der Waals surface area contributed by atoms with Crippen LogP contribution in [0.2, 0.25) is 0 Å². The average molecular weight is 316 g/mol. The topological polar surface area (TPSA) is 57.2 Å². The summed E-state index contributed by atoms with van der Waals surface area (Å²) >= 11 is 0. The van der Waals surface area contributed by atoms with Crippen LogP contribution in [0.4, 0.5) is 0 Å². The predicted octanol–water partition coefficient (Wildman–Crippen LogP) is 0.327. The summed E-state index contributed by atoms with van der Waals surface area (Å²) in [5, 5.41) is 3.26. The van der Waals surface area contributed by atoms with E-state index in [9.17, 15) is 4.79 Å². The molecular weight excluding hydrogens is 292 g/mol. The quantitative estimate of drug-likeness (QED) is 0.627. The molecule has 1 aromatic rings. The zero-order valence-corrected chi connectivity index (χ0v) is 13.6. The minimum atomic E-state index is -0.148. The van der Waals surface area contributed by atoms with Crippen LogP contribution in [-0.2, 0) is 16.1 Å². The first kappa shape index (κ1) is 16.0. The fourth-order valence-electron chi connectivity index (χ4n) is 2.86. The van der Waals surface area contributed by atoms with Crippen molar-refractivity contribution < 1.29 is 9.53 Å². The van der Waals surface area contributed by atoms with Crippen molar-refractivity contribution in [2.24, 2.45) is 4.99 Å². The molecule has 2 aliphatic heterocycles. The zero-order valence-electron chi connectivity index (χ0n) is 13.6. The second kappa shape index (κ2) is 7.57. The highest BCUT2D eigenvalue weighted by atomic mass is 16.5. The number of hydrogen-bond acceptors (Lipinski definition) is 6. The maximum Gasteiger partial charge on any atom is 0.320 e. The summed E-state index contributed by atoms with van der Waals surface area (Å²) in [6.45, 7) is 5.94. The number of amidine groups is 1. The molecule has 1 saturated heterocycles. The van der Waals surface area contributed by atoms with Gasteiger partial charge >= 0.3 is 5.97 Å². The van der Waals surface area contributed by atoms with E-state index in [1.807, 2.05) is 12.1 Å². The van der Waals surface area contributed by atoms with Crippen molar-refractivity contribution in [2.75, 3.05) is 52.9 Å². The average Bonchev–Trinajstić information content (AvgIpc) is 2.97. The van der Waals surface area contributed by atoms with Crippen LogP contribution in [0.5, 0.6) is 0 Å². The Morgan fingerprint density at radius 3 is 2.87 bits per heavy atom. The molecule has 0 amide bonds. The number of carbonyl (C=O) groups excluding carboxylic acids is 1. The number of piperazine rings is 1. The van der Waals surface area contributed by atoms with Gasteiger partial charge in [-0.15, -0.1) is 0 Å². The van der Waals surface area contributed by atoms with E-state index in [0.717, 1.165) is 44.1 Å². The molecule has 6 nitrogen and oxygen atoms in total. The van der Waals surface area contributed by atoms with Crippen molar-refractivity contribution in [2.45, 2.75) is 6.54 Å². The van der Waals surface area contributed by atoms with Gasteiger partial charge in [-0.05, 0) is 12.6 Å². The Morgan fingerprint density at radius 2 is 2.04 bits per heavy atom. The number of aliphatic imine (C=N–C) groups is 1. The molecule has 23 heavy (non-hydrogen) atoms. The monoisotopic (exact) mass is 316 g/mol. The second-order valence-electron chi connectivity index (χ2n) is 6.05. The van der Waals surface area contributed by atoms with E-state index in [-0.39, 0.29) is 5.97 Å². The normalized spacial score (nSPS) is 18.4. The molecule has 6 heteroatoms. The Balaban J connectivity index is 1.33. The Labute approximate surface area is 137 Å². The van der Waals surface area contributed by atoms with Crippen LogP contribution in [0.25, 0.3) is 0 Å². The highest BCUT2D eigenvalue weighted by Gasteiger charge is 2.17. The molecule has 2 aliphatic rings. The molecule has 1 aromatic carbocycles. The van der Waals surface area contributed by atoms with E-state index in [1.165, 1.54) is 5.56 Å². The highest BCUT2D eigenvalue weighted by molar-refractivity contribution is 6.01. The van der Waals surface area contributed by atoms with E-state index >= 15 is 0 Å². The lowest BCUT2D eigenvalue weighted by Crippen LogP contribution is -2.46. The van der Waals surface area contributed by atoms with Gasteiger partial charge in [-0.2, -0.15) is 0 Å². The van der Waals surface area contributed by atoms with Crippen LogP contribution in [0.15, 0.2) is 29.3 Å². The van der Waals surface area contributed by atoms with Crippen molar-refractivity contribution >= 4 is 11.8 Å². The van der Waals surface area contributed by atoms with Crippen LogP contribution < -0.4 is 5.32 Å². The number of nitrogens with one attached hydrogen (secondary N) is 1. The number of benzene rings is 1. The first-order chi connectivity index (χ1) is 11.2. The molecule has 0 atom stereocenters. The van der Waals surface area contributed by atoms with Gasteiger partial charge in [-0.3, -0.25) is 14.7 Å². The Morgan fingerprint density at radius 1 is 1.26 bits per heavy atom. The number of nitrogens with zero attached hydrogens (tertiary/aromatic N) is 3. The fourth-order valence-corrected chi connectivity index (χ4v) is 2.86. The minimum Gasteiger partial charge on any atom is -0.463 e. The van der Waals surface area contributed by atoms with E-state index in [2.05, 4.69) is 39.3 Å². The van der Waals surface area contributed by atoms with Gasteiger partial charge in [0.15, 0.2) is 0 Å². The molecule has 0 saturated carbocycles. The molecule has 1 fully saturated rings. The fraction of sp³-hybridized carbons (Fsp3) is 0.529. The lowest BCUT2D eigenvalue weighted by molar-refractivity contribution is -0.145. The summed E-state index contributed by atoms with van der Waals surface area (Å²) in [5.74, 6) is 0.751. The number of fused-ring (bicyclic) bond motifs is 1. The number of esters is 1. The standard InChI is InChI=1S/C17H24N4O2/c1-20-7-9-21(10-8-20)13-16(22)23-11-6-18-17-15-5-3-2-4-14(15)12-19-17/h2-5H,6-13H2,1H3,(H,18,19). The largest absolute Gasteiger partial charge is 0.463 e. The Kier molecular flexibility index (Phi) is 5.25. The SMILES string of the molecule is CN1CCN(CC(=O)OCCNC2=NCc3ccccc32)CC1. The smallest absolute Gasteiger partial charge is 0.320 e. The molecule has 1 N–H and O–H groups in total. The van der Waals surface area contributed by atoms with Crippen molar-refractivity contribution in [3.8, 4) is 0 Å². The van der Waals surface area contributed by atoms with Gasteiger partial charge in [0.25, 0.3) is 0 Å². The lowest BCUT2D eigenvalue weighted by atomic mass is 10.1. The van der Waals surface area contributed by atoms with Gasteiger partial charge in [0.2, 0.25) is 0 Å². The molecular formula is C17H24N4O2. The van der Waals surface area contributed by atoms with Gasteiger partial charge in [0, 0.05) is 31.7 Å². The van der Waals surface area contributed by atoms with Gasteiger partial charge < -0.3 is 15.0 Å². The maximum absolute atomic E-state index is 11.9. The minimum absolute atomic E-state index is 0.148. The Bertz CT molecular complexity index is 580. The van der Waals surface area contributed by atoms with Crippen LogP contribution in [0, 0.1) is 0 Å². The van der Waals surface area contributed by atoms with E-state index < -0.39 is 0 Å². The molecule has 3 rings (SSSR count). The predicted molar refractivity (Wildman–Crippen MR) is 89.6 cm³/mol. The van der Waals surface area contributed by atoms with Crippen molar-refractivity contribution in [3.63, 3.8) is 0 Å². The zero-order chi connectivity index (χ0) is 16.1. The number of ether oxygens (including phenoxy) is 1. The van der Waals surface area contributed by atoms with Crippen molar-refractivity contribution in [1.29, 1.82) is 0 Å². The Hall–Kier alpha value is -1.92. The van der Waals surface area contributed by atoms with Crippen LogP contribution in [-0.4, -0.2) is 74.5 Å². The highest BCUT2D eigenvalue weighted by Crippen LogP contribution is 2.16. The van der Waals surface area contributed by atoms with Crippen molar-refractivity contribution in [3.05, 3.63) is 35.4 Å². The van der Waals surface area contributed by atoms with Crippen LogP contribution in [0.1, 0.15) is 11.1 Å². The molecule has 0 bridgehead atoms. The summed E-state index contributed by atoms with van der Waals surface area (Å²) in [5.41, 5.74) is 2.39. The van der Waals surface area contributed by atoms with Crippen molar-refractivity contribution in [1.82, 2.24) is 15.1 Å². The summed E-state index contributed by atoms with van der Waals surface area (Å²) in [4.78, 5) is 20.7. The summed E-state index contributed by atoms with van der Waals surface area (Å²) in [6.07, 6.45) is 0.